The Morgan fingerprint density at radius 2 is 1.98 bits per heavy atom. The molecule has 3 N–H and O–H groups in total. The van der Waals surface area contributed by atoms with E-state index in [2.05, 4.69) is 20.7 Å². The smallest absolute Gasteiger partial charge is 0.407 e. The Morgan fingerprint density at radius 1 is 1.17 bits per heavy atom. The lowest BCUT2D eigenvalue weighted by atomic mass is 10.0. The lowest BCUT2D eigenvalue weighted by Crippen LogP contribution is -2.53. The van der Waals surface area contributed by atoms with E-state index in [1.54, 1.807) is 12.1 Å². The Bertz CT molecular complexity index is 1630. The fourth-order valence-electron chi connectivity index (χ4n) is 6.97. The second-order valence-electron chi connectivity index (χ2n) is 13.2. The van der Waals surface area contributed by atoms with Crippen LogP contribution in [-0.2, 0) is 30.7 Å². The van der Waals surface area contributed by atoms with Gasteiger partial charge >= 0.3 is 6.09 Å². The number of hydrogen-bond donors (Lipinski definition) is 3. The van der Waals surface area contributed by atoms with Crippen LogP contribution < -0.4 is 15.5 Å². The van der Waals surface area contributed by atoms with E-state index in [0.717, 1.165) is 31.4 Å². The molecule has 4 heterocycles. The largest absolute Gasteiger partial charge is 0.443 e. The molecule has 262 valence electrons. The minimum absolute atomic E-state index is 0.0275. The number of rotatable bonds is 14. The van der Waals surface area contributed by atoms with Crippen LogP contribution in [0.15, 0.2) is 57.9 Å². The molecule has 6 rings (SSSR count). The van der Waals surface area contributed by atoms with Crippen molar-refractivity contribution in [3.05, 3.63) is 54.1 Å². The molecule has 3 fully saturated rings. The molecule has 48 heavy (non-hydrogen) atoms. The van der Waals surface area contributed by atoms with Crippen molar-refractivity contribution in [3.63, 3.8) is 0 Å². The number of fused-ring (bicyclic) bond motifs is 2. The van der Waals surface area contributed by atoms with E-state index >= 15 is 0 Å². The van der Waals surface area contributed by atoms with Gasteiger partial charge in [-0.25, -0.2) is 13.2 Å². The summed E-state index contributed by atoms with van der Waals surface area (Å²) in [5.41, 5.74) is 1.34. The molecule has 0 bridgehead atoms. The Kier molecular flexibility index (Phi) is 10.9. The average molecular weight is 686 g/mol. The molecule has 0 aliphatic carbocycles. The molecular weight excluding hydrogens is 638 g/mol. The molecule has 13 nitrogen and oxygen atoms in total. The summed E-state index contributed by atoms with van der Waals surface area (Å²) in [6, 6.07) is 13.3. The standard InChI is InChI=1S/C34H47N5O8S/c1-4-38(31-11-8-15-35-31)32-26-18-24(12-13-29(26)47-37-32)48(42,43)39(20-22(2)3)27(17-23-9-6-5-7-10-23)28(40)19-36-34(41)46-30-21-45-33-25(30)14-16-44-33/h5-7,9-10,12-13,18,22,25,27-28,30-31,33,35,40H,4,8,11,14-17,19-21H2,1-3H3,(H,36,41). The second-order valence-corrected chi connectivity index (χ2v) is 15.1. The molecule has 0 spiro atoms. The van der Waals surface area contributed by atoms with E-state index < -0.39 is 34.4 Å². The van der Waals surface area contributed by atoms with Crippen molar-refractivity contribution < 1.29 is 37.1 Å². The second kappa shape index (κ2) is 15.1. The van der Waals surface area contributed by atoms with Crippen molar-refractivity contribution in [2.45, 2.75) is 82.1 Å². The maximum Gasteiger partial charge on any atom is 0.407 e. The number of nitrogens with one attached hydrogen (secondary N) is 2. The topological polar surface area (TPSA) is 156 Å². The van der Waals surface area contributed by atoms with Crippen LogP contribution in [0.2, 0.25) is 0 Å². The number of sulfonamides is 1. The molecular formula is C34H47N5O8S. The van der Waals surface area contributed by atoms with Gasteiger partial charge in [0, 0.05) is 19.6 Å². The molecule has 3 aliphatic rings. The number of alkyl carbamates (subject to hydrolysis) is 1. The Hall–Kier alpha value is -3.27. The molecule has 14 heteroatoms. The molecule has 6 atom stereocenters. The molecule has 1 aromatic heterocycles. The van der Waals surface area contributed by atoms with Gasteiger partial charge in [-0.2, -0.15) is 4.31 Å². The molecule has 6 unspecified atom stereocenters. The summed E-state index contributed by atoms with van der Waals surface area (Å²) in [6.07, 6.45) is 0.273. The summed E-state index contributed by atoms with van der Waals surface area (Å²) in [5, 5.41) is 22.8. The van der Waals surface area contributed by atoms with Crippen LogP contribution in [0.3, 0.4) is 0 Å². The van der Waals surface area contributed by atoms with E-state index in [4.69, 9.17) is 18.7 Å². The van der Waals surface area contributed by atoms with E-state index in [1.807, 2.05) is 51.1 Å². The highest BCUT2D eigenvalue weighted by Gasteiger charge is 2.44. The number of amides is 1. The maximum absolute atomic E-state index is 14.7. The van der Waals surface area contributed by atoms with Crippen molar-refractivity contribution in [2.24, 2.45) is 11.8 Å². The first-order valence-corrected chi connectivity index (χ1v) is 18.4. The summed E-state index contributed by atoms with van der Waals surface area (Å²) in [4.78, 5) is 15.0. The first-order chi connectivity index (χ1) is 23.2. The van der Waals surface area contributed by atoms with Gasteiger partial charge in [-0.15, -0.1) is 0 Å². The maximum atomic E-state index is 14.7. The van der Waals surface area contributed by atoms with Gasteiger partial charge in [0.2, 0.25) is 10.0 Å². The van der Waals surface area contributed by atoms with Gasteiger partial charge in [0.1, 0.15) is 6.10 Å². The molecule has 0 saturated carbocycles. The summed E-state index contributed by atoms with van der Waals surface area (Å²) in [6.45, 7) is 8.20. The zero-order chi connectivity index (χ0) is 33.8. The number of benzene rings is 2. The van der Waals surface area contributed by atoms with Crippen molar-refractivity contribution in [3.8, 4) is 0 Å². The number of aliphatic hydroxyl groups is 1. The van der Waals surface area contributed by atoms with E-state index in [-0.39, 0.29) is 55.3 Å². The Balaban J connectivity index is 1.27. The number of ether oxygens (including phenoxy) is 3. The van der Waals surface area contributed by atoms with E-state index in [9.17, 15) is 18.3 Å². The van der Waals surface area contributed by atoms with Gasteiger partial charge in [0.05, 0.1) is 47.7 Å². The summed E-state index contributed by atoms with van der Waals surface area (Å²) >= 11 is 0. The quantitative estimate of drug-likeness (QED) is 0.229. The Morgan fingerprint density at radius 3 is 2.71 bits per heavy atom. The number of aliphatic hydroxyl groups excluding tert-OH is 1. The first kappa shape index (κ1) is 34.6. The van der Waals surface area contributed by atoms with Gasteiger partial charge in [-0.05, 0) is 68.8 Å². The lowest BCUT2D eigenvalue weighted by molar-refractivity contribution is -0.0907. The number of anilines is 1. The highest BCUT2D eigenvalue weighted by Crippen LogP contribution is 2.34. The van der Waals surface area contributed by atoms with Gasteiger partial charge in [-0.3, -0.25) is 5.32 Å². The summed E-state index contributed by atoms with van der Waals surface area (Å²) in [7, 11) is -4.17. The normalized spacial score (nSPS) is 23.9. The molecule has 3 aliphatic heterocycles. The zero-order valence-electron chi connectivity index (χ0n) is 27.8. The third-order valence-electron chi connectivity index (χ3n) is 9.40. The molecule has 1 amide bonds. The van der Waals surface area contributed by atoms with Crippen LogP contribution in [0, 0.1) is 11.8 Å². The summed E-state index contributed by atoms with van der Waals surface area (Å²) in [5.74, 6) is 0.498. The fraction of sp³-hybridized carbons (Fsp3) is 0.588. The third kappa shape index (κ3) is 7.48. The van der Waals surface area contributed by atoms with E-state index in [1.165, 1.54) is 10.4 Å². The SMILES string of the molecule is CCN(c1noc2ccc(S(=O)(=O)N(CC(C)C)C(Cc3ccccc3)C(O)CNC(=O)OC3COC4OCCC34)cc12)C1CCCN1. The fourth-order valence-corrected chi connectivity index (χ4v) is 8.81. The van der Waals surface area contributed by atoms with Gasteiger partial charge in [0.15, 0.2) is 17.7 Å². The van der Waals surface area contributed by atoms with Crippen molar-refractivity contribution in [2.75, 3.05) is 44.3 Å². The number of nitrogens with zero attached hydrogens (tertiary/aromatic N) is 3. The van der Waals surface area contributed by atoms with Crippen LogP contribution >= 0.6 is 0 Å². The van der Waals surface area contributed by atoms with Crippen molar-refractivity contribution >= 4 is 32.9 Å². The van der Waals surface area contributed by atoms with E-state index in [0.29, 0.717) is 29.9 Å². The highest BCUT2D eigenvalue weighted by molar-refractivity contribution is 7.89. The monoisotopic (exact) mass is 685 g/mol. The van der Waals surface area contributed by atoms with Crippen molar-refractivity contribution in [1.29, 1.82) is 0 Å². The zero-order valence-corrected chi connectivity index (χ0v) is 28.6. The molecule has 3 saturated heterocycles. The number of hydrogen-bond acceptors (Lipinski definition) is 11. The molecule has 3 aromatic rings. The first-order valence-electron chi connectivity index (χ1n) is 17.0. The molecule has 2 aromatic carbocycles. The van der Waals surface area contributed by atoms with Crippen LogP contribution in [-0.4, -0.2) is 99.2 Å². The van der Waals surface area contributed by atoms with Crippen LogP contribution in [0.1, 0.15) is 45.6 Å². The third-order valence-corrected chi connectivity index (χ3v) is 11.3. The lowest BCUT2D eigenvalue weighted by Gasteiger charge is -2.35. The number of aromatic nitrogens is 1. The Labute approximate surface area is 281 Å². The highest BCUT2D eigenvalue weighted by atomic mass is 32.2. The number of carbonyl (C=O) groups excluding carboxylic acids is 1. The van der Waals surface area contributed by atoms with Gasteiger partial charge < -0.3 is 34.1 Å². The molecule has 0 radical (unpaired) electrons. The number of carbonyl (C=O) groups is 1. The minimum Gasteiger partial charge on any atom is -0.443 e. The predicted octanol–water partition coefficient (Wildman–Crippen LogP) is 3.47. The minimum atomic E-state index is -4.17. The predicted molar refractivity (Wildman–Crippen MR) is 179 cm³/mol. The van der Waals surface area contributed by atoms with Crippen molar-refractivity contribution in [1.82, 2.24) is 20.1 Å². The van der Waals surface area contributed by atoms with Crippen LogP contribution in [0.25, 0.3) is 11.0 Å². The van der Waals surface area contributed by atoms with Gasteiger partial charge in [-0.1, -0.05) is 49.3 Å². The average Bonchev–Trinajstić information content (AvgIpc) is 3.90. The van der Waals surface area contributed by atoms with Crippen LogP contribution in [0.4, 0.5) is 10.6 Å². The van der Waals surface area contributed by atoms with Gasteiger partial charge in [0.25, 0.3) is 0 Å². The summed E-state index contributed by atoms with van der Waals surface area (Å²) < 4.78 is 53.0. The van der Waals surface area contributed by atoms with Crippen LogP contribution in [0.5, 0.6) is 0 Å².